The first kappa shape index (κ1) is 26.8. The zero-order chi connectivity index (χ0) is 27.1. The van der Waals surface area contributed by atoms with E-state index in [-0.39, 0.29) is 7.92 Å². The predicted octanol–water partition coefficient (Wildman–Crippen LogP) is 7.17. The molecular weight excluding hydrogens is 523 g/mol. The molecule has 2 aliphatic carbocycles. The first-order chi connectivity index (χ1) is 18.8. The number of hydrogen-bond donors (Lipinski definition) is 2. The highest BCUT2D eigenvalue weighted by molar-refractivity contribution is 7.64. The Kier molecular flexibility index (Phi) is 7.47. The molecule has 0 bridgehead atoms. The fourth-order valence-electron chi connectivity index (χ4n) is 6.36. The number of aromatic nitrogens is 2. The van der Waals surface area contributed by atoms with Crippen LogP contribution in [0.5, 0.6) is 0 Å². The molecule has 2 aromatic carbocycles. The van der Waals surface area contributed by atoms with Crippen molar-refractivity contribution in [2.24, 2.45) is 5.41 Å². The average Bonchev–Trinajstić information content (AvgIpc) is 3.75. The molecule has 0 amide bonds. The van der Waals surface area contributed by atoms with Gasteiger partial charge >= 0.3 is 0 Å². The van der Waals surface area contributed by atoms with E-state index >= 15 is 0 Å². The Labute approximate surface area is 239 Å². The van der Waals surface area contributed by atoms with Gasteiger partial charge in [0, 0.05) is 41.6 Å². The van der Waals surface area contributed by atoms with Crippen LogP contribution in [0.25, 0.3) is 0 Å². The number of benzene rings is 2. The summed E-state index contributed by atoms with van der Waals surface area (Å²) in [6.07, 6.45) is 9.62. The summed E-state index contributed by atoms with van der Waals surface area (Å²) in [5, 5.41) is 8.70. The maximum Gasteiger partial charge on any atom is 0.229 e. The lowest BCUT2D eigenvalue weighted by atomic mass is 9.67. The molecule has 6 nitrogen and oxygen atoms in total. The number of para-hydroxylation sites is 1. The third-order valence-corrected chi connectivity index (χ3v) is 10.5. The molecule has 1 aromatic heterocycles. The molecule has 2 saturated carbocycles. The first-order valence-electron chi connectivity index (χ1n) is 14.2. The van der Waals surface area contributed by atoms with Crippen LogP contribution in [-0.2, 0) is 0 Å². The van der Waals surface area contributed by atoms with Crippen LogP contribution in [0, 0.1) is 5.41 Å². The maximum absolute atomic E-state index is 6.50. The minimum atomic E-state index is -0.261. The normalized spacial score (nSPS) is 19.0. The fourth-order valence-corrected chi connectivity index (χ4v) is 7.50. The third-order valence-electron chi connectivity index (χ3n) is 8.82. The highest BCUT2D eigenvalue weighted by atomic mass is 35.5. The molecule has 206 valence electrons. The smallest absolute Gasteiger partial charge is 0.229 e. The summed E-state index contributed by atoms with van der Waals surface area (Å²) in [6, 6.07) is 15.9. The van der Waals surface area contributed by atoms with Crippen molar-refractivity contribution in [3.63, 3.8) is 0 Å². The summed E-state index contributed by atoms with van der Waals surface area (Å²) in [5.74, 6) is 1.83. The molecule has 1 aliphatic heterocycles. The van der Waals surface area contributed by atoms with Crippen molar-refractivity contribution < 1.29 is 0 Å². The lowest BCUT2D eigenvalue weighted by Crippen LogP contribution is -2.59. The second-order valence-electron chi connectivity index (χ2n) is 12.2. The zero-order valence-corrected chi connectivity index (χ0v) is 25.2. The van der Waals surface area contributed by atoms with Gasteiger partial charge in [-0.3, -0.25) is 0 Å². The largest absolute Gasteiger partial charge is 0.370 e. The van der Waals surface area contributed by atoms with E-state index in [0.29, 0.717) is 28.1 Å². The quantitative estimate of drug-likeness (QED) is 0.284. The van der Waals surface area contributed by atoms with Crippen molar-refractivity contribution in [2.75, 3.05) is 56.0 Å². The van der Waals surface area contributed by atoms with Crippen LogP contribution in [0.2, 0.25) is 5.02 Å². The van der Waals surface area contributed by atoms with E-state index in [0.717, 1.165) is 17.4 Å². The molecule has 6 rings (SSSR count). The molecule has 39 heavy (non-hydrogen) atoms. The van der Waals surface area contributed by atoms with E-state index in [4.69, 9.17) is 16.6 Å². The van der Waals surface area contributed by atoms with E-state index in [9.17, 15) is 0 Å². The lowest BCUT2D eigenvalue weighted by molar-refractivity contribution is 0.0887. The molecule has 3 fully saturated rings. The van der Waals surface area contributed by atoms with Gasteiger partial charge in [0.25, 0.3) is 0 Å². The molecule has 8 heteroatoms. The second-order valence-corrected chi connectivity index (χ2v) is 14.8. The SMILES string of the molecule is CN(C)C1CCC2(CC1)CN(c1ccc(Nc3ncc(Cl)c(Nc4ccccc4P(C)C)n3)cc1C1CC1)C2. The Balaban J connectivity index is 1.16. The van der Waals surface area contributed by atoms with Gasteiger partial charge in [-0.25, -0.2) is 4.98 Å². The Bertz CT molecular complexity index is 1320. The van der Waals surface area contributed by atoms with Crippen LogP contribution in [-0.4, -0.2) is 61.4 Å². The number of hydrogen-bond acceptors (Lipinski definition) is 6. The van der Waals surface area contributed by atoms with Gasteiger partial charge in [0.15, 0.2) is 5.82 Å². The first-order valence-corrected chi connectivity index (χ1v) is 16.8. The molecule has 2 N–H and O–H groups in total. The van der Waals surface area contributed by atoms with Crippen molar-refractivity contribution in [3.8, 4) is 0 Å². The Morgan fingerprint density at radius 3 is 2.44 bits per heavy atom. The lowest BCUT2D eigenvalue weighted by Gasteiger charge is -2.55. The van der Waals surface area contributed by atoms with Gasteiger partial charge < -0.3 is 20.4 Å². The number of nitrogens with zero attached hydrogens (tertiary/aromatic N) is 4. The van der Waals surface area contributed by atoms with Crippen molar-refractivity contribution in [1.82, 2.24) is 14.9 Å². The third kappa shape index (κ3) is 5.75. The monoisotopic (exact) mass is 562 g/mol. The fraction of sp³-hybridized carbons (Fsp3) is 0.484. The van der Waals surface area contributed by atoms with Crippen molar-refractivity contribution in [1.29, 1.82) is 0 Å². The average molecular weight is 563 g/mol. The summed E-state index contributed by atoms with van der Waals surface area (Å²) in [5.41, 5.74) is 5.50. The molecule has 0 atom stereocenters. The van der Waals surface area contributed by atoms with Gasteiger partial charge in [-0.1, -0.05) is 37.7 Å². The number of halogens is 1. The highest BCUT2D eigenvalue weighted by Gasteiger charge is 2.46. The Morgan fingerprint density at radius 2 is 1.74 bits per heavy atom. The highest BCUT2D eigenvalue weighted by Crippen LogP contribution is 2.51. The van der Waals surface area contributed by atoms with Gasteiger partial charge in [0.05, 0.1) is 6.20 Å². The van der Waals surface area contributed by atoms with Crippen LogP contribution in [0.3, 0.4) is 0 Å². The van der Waals surface area contributed by atoms with Gasteiger partial charge in [-0.15, -0.1) is 0 Å². The summed E-state index contributed by atoms with van der Waals surface area (Å²) >= 11 is 6.50. The van der Waals surface area contributed by atoms with Crippen LogP contribution < -0.4 is 20.8 Å². The summed E-state index contributed by atoms with van der Waals surface area (Å²) in [6.45, 7) is 6.91. The summed E-state index contributed by atoms with van der Waals surface area (Å²) < 4.78 is 0. The number of nitrogens with one attached hydrogen (secondary N) is 2. The van der Waals surface area contributed by atoms with Crippen LogP contribution in [0.15, 0.2) is 48.7 Å². The van der Waals surface area contributed by atoms with E-state index in [1.807, 2.05) is 6.07 Å². The predicted molar refractivity (Wildman–Crippen MR) is 167 cm³/mol. The molecule has 2 heterocycles. The minimum absolute atomic E-state index is 0.261. The second kappa shape index (κ2) is 10.9. The number of anilines is 5. The molecule has 0 radical (unpaired) electrons. The topological polar surface area (TPSA) is 56.3 Å². The van der Waals surface area contributed by atoms with E-state index in [1.54, 1.807) is 6.20 Å². The molecule has 0 unspecified atom stereocenters. The molecule has 3 aliphatic rings. The van der Waals surface area contributed by atoms with Gasteiger partial charge in [-0.05, 0) is 107 Å². The molecule has 3 aromatic rings. The molecular formula is C31H40ClN6P. The van der Waals surface area contributed by atoms with Gasteiger partial charge in [0.2, 0.25) is 5.95 Å². The van der Waals surface area contributed by atoms with E-state index in [2.05, 4.69) is 89.2 Å². The Hall–Kier alpha value is -2.40. The summed E-state index contributed by atoms with van der Waals surface area (Å²) in [4.78, 5) is 14.3. The summed E-state index contributed by atoms with van der Waals surface area (Å²) in [7, 11) is 4.20. The zero-order valence-electron chi connectivity index (χ0n) is 23.5. The Morgan fingerprint density at radius 1 is 1.00 bits per heavy atom. The minimum Gasteiger partial charge on any atom is -0.370 e. The van der Waals surface area contributed by atoms with Crippen LogP contribution in [0.4, 0.5) is 28.8 Å². The molecule has 1 spiro atoms. The van der Waals surface area contributed by atoms with E-state index < -0.39 is 0 Å². The van der Waals surface area contributed by atoms with Gasteiger partial charge in [-0.2, -0.15) is 4.98 Å². The van der Waals surface area contributed by atoms with E-state index in [1.165, 1.54) is 68.2 Å². The van der Waals surface area contributed by atoms with Crippen LogP contribution in [0.1, 0.15) is 50.0 Å². The maximum atomic E-state index is 6.50. The van der Waals surface area contributed by atoms with Crippen LogP contribution >= 0.6 is 19.5 Å². The van der Waals surface area contributed by atoms with Gasteiger partial charge in [0.1, 0.15) is 5.02 Å². The van der Waals surface area contributed by atoms with Crippen molar-refractivity contribution in [2.45, 2.75) is 50.5 Å². The standard InChI is InChI=1S/C31H40ClN6P/c1-37(2)23-13-15-31(16-14-23)19-38(20-31)27-12-11-22(17-24(27)21-9-10-21)34-30-33-18-25(32)29(36-30)35-26-7-5-6-8-28(26)39(3)4/h5-8,11-12,17-18,21,23H,9-10,13-16,19-20H2,1-4H3,(H2,33,34,35,36). The number of rotatable bonds is 8. The molecule has 1 saturated heterocycles. The van der Waals surface area contributed by atoms with Crippen molar-refractivity contribution >= 4 is 53.7 Å². The van der Waals surface area contributed by atoms with Crippen molar-refractivity contribution in [3.05, 3.63) is 59.2 Å².